The number of benzene rings is 2. The molecular formula is C26H25BrFN5O3. The van der Waals surface area contributed by atoms with Gasteiger partial charge in [-0.3, -0.25) is 9.59 Å². The molecule has 186 valence electrons. The van der Waals surface area contributed by atoms with E-state index in [2.05, 4.69) is 55.0 Å². The maximum Gasteiger partial charge on any atom is 0.247 e. The molecule has 3 aromatic rings. The number of piperidine rings is 1. The summed E-state index contributed by atoms with van der Waals surface area (Å²) >= 11 is 3.24. The Labute approximate surface area is 216 Å². The van der Waals surface area contributed by atoms with Gasteiger partial charge in [-0.05, 0) is 62.3 Å². The lowest BCUT2D eigenvalue weighted by Gasteiger charge is -2.30. The number of nitrogens with one attached hydrogen (secondary N) is 3. The van der Waals surface area contributed by atoms with Gasteiger partial charge in [-0.1, -0.05) is 29.1 Å². The van der Waals surface area contributed by atoms with Crippen molar-refractivity contribution in [2.45, 2.75) is 18.9 Å². The van der Waals surface area contributed by atoms with Gasteiger partial charge in [-0.2, -0.15) is 0 Å². The van der Waals surface area contributed by atoms with Crippen LogP contribution in [0.25, 0.3) is 10.9 Å². The fourth-order valence-electron chi connectivity index (χ4n) is 4.07. The predicted molar refractivity (Wildman–Crippen MR) is 141 cm³/mol. The van der Waals surface area contributed by atoms with E-state index in [0.717, 1.165) is 32.0 Å². The van der Waals surface area contributed by atoms with E-state index in [4.69, 9.17) is 4.74 Å². The van der Waals surface area contributed by atoms with Crippen LogP contribution in [0, 0.1) is 11.7 Å². The zero-order valence-electron chi connectivity index (χ0n) is 19.4. The minimum Gasteiger partial charge on any atom is -0.480 e. The van der Waals surface area contributed by atoms with Crippen molar-refractivity contribution >= 4 is 55.7 Å². The number of ether oxygens (including phenoxy) is 1. The first-order valence-corrected chi connectivity index (χ1v) is 12.2. The van der Waals surface area contributed by atoms with Crippen LogP contribution >= 0.6 is 15.9 Å². The third-order valence-electron chi connectivity index (χ3n) is 5.91. The number of ketones is 1. The van der Waals surface area contributed by atoms with Crippen LogP contribution in [0.5, 0.6) is 5.75 Å². The van der Waals surface area contributed by atoms with E-state index in [-0.39, 0.29) is 23.1 Å². The van der Waals surface area contributed by atoms with E-state index in [1.54, 1.807) is 24.3 Å². The average Bonchev–Trinajstić information content (AvgIpc) is 2.89. The molecule has 2 aromatic carbocycles. The van der Waals surface area contributed by atoms with Crippen LogP contribution in [-0.2, 0) is 9.59 Å². The maximum atomic E-state index is 14.5. The molecule has 0 aliphatic carbocycles. The normalized spacial score (nSPS) is 14.6. The number of hydrogen-bond donors (Lipinski definition) is 3. The molecule has 1 unspecified atom stereocenters. The van der Waals surface area contributed by atoms with Gasteiger partial charge in [0.1, 0.15) is 23.7 Å². The van der Waals surface area contributed by atoms with Gasteiger partial charge in [-0.25, -0.2) is 14.4 Å². The van der Waals surface area contributed by atoms with Crippen molar-refractivity contribution in [3.05, 3.63) is 72.3 Å². The molecule has 10 heteroatoms. The number of carbonyl (C=O) groups is 2. The smallest absolute Gasteiger partial charge is 0.247 e. The number of aromatic nitrogens is 2. The zero-order chi connectivity index (χ0) is 25.7. The van der Waals surface area contributed by atoms with Crippen LogP contribution in [0.1, 0.15) is 12.8 Å². The molecule has 4 rings (SSSR count). The molecule has 1 saturated heterocycles. The van der Waals surface area contributed by atoms with E-state index < -0.39 is 17.8 Å². The molecule has 0 saturated carbocycles. The highest BCUT2D eigenvalue weighted by Gasteiger charge is 2.31. The van der Waals surface area contributed by atoms with E-state index in [1.165, 1.54) is 18.5 Å². The van der Waals surface area contributed by atoms with Crippen LogP contribution < -0.4 is 20.7 Å². The molecule has 3 N–H and O–H groups in total. The van der Waals surface area contributed by atoms with Gasteiger partial charge in [0.15, 0.2) is 11.9 Å². The van der Waals surface area contributed by atoms with Gasteiger partial charge in [0.25, 0.3) is 0 Å². The van der Waals surface area contributed by atoms with Crippen molar-refractivity contribution in [1.82, 2.24) is 15.3 Å². The third-order valence-corrected chi connectivity index (χ3v) is 6.40. The molecule has 1 fully saturated rings. The fraction of sp³-hybridized carbons (Fsp3) is 0.231. The molecule has 1 aromatic heterocycles. The lowest BCUT2D eigenvalue weighted by molar-refractivity contribution is -0.123. The Bertz CT molecular complexity index is 1330. The zero-order valence-corrected chi connectivity index (χ0v) is 21.0. The summed E-state index contributed by atoms with van der Waals surface area (Å²) in [6.07, 6.45) is 4.49. The summed E-state index contributed by atoms with van der Waals surface area (Å²) in [5.41, 5.74) is 1.00. The Morgan fingerprint density at radius 3 is 2.61 bits per heavy atom. The molecule has 1 aliphatic heterocycles. The Balaban J connectivity index is 1.76. The number of rotatable bonds is 9. The highest BCUT2D eigenvalue weighted by atomic mass is 79.9. The number of carbonyl (C=O) groups excluding carboxylic acids is 2. The lowest BCUT2D eigenvalue weighted by Crippen LogP contribution is -2.41. The van der Waals surface area contributed by atoms with Crippen molar-refractivity contribution in [1.29, 1.82) is 0 Å². The van der Waals surface area contributed by atoms with Gasteiger partial charge >= 0.3 is 0 Å². The van der Waals surface area contributed by atoms with Crippen molar-refractivity contribution < 1.29 is 18.7 Å². The molecule has 0 spiro atoms. The number of anilines is 3. The Morgan fingerprint density at radius 2 is 1.92 bits per heavy atom. The van der Waals surface area contributed by atoms with Gasteiger partial charge in [0.05, 0.1) is 16.9 Å². The van der Waals surface area contributed by atoms with Crippen LogP contribution in [-0.4, -0.2) is 40.9 Å². The molecule has 1 atom stereocenters. The molecule has 0 bridgehead atoms. The summed E-state index contributed by atoms with van der Waals surface area (Å²) in [5.74, 6) is -0.575. The van der Waals surface area contributed by atoms with Gasteiger partial charge in [0, 0.05) is 21.8 Å². The van der Waals surface area contributed by atoms with Crippen molar-refractivity contribution in [3.8, 4) is 5.75 Å². The monoisotopic (exact) mass is 553 g/mol. The molecular weight excluding hydrogens is 529 g/mol. The van der Waals surface area contributed by atoms with Crippen molar-refractivity contribution in [2.75, 3.05) is 23.7 Å². The largest absolute Gasteiger partial charge is 0.480 e. The first-order valence-electron chi connectivity index (χ1n) is 11.4. The molecule has 1 amide bonds. The average molecular weight is 554 g/mol. The first-order chi connectivity index (χ1) is 17.4. The Kier molecular flexibility index (Phi) is 8.07. The minimum absolute atomic E-state index is 0.0154. The second-order valence-corrected chi connectivity index (χ2v) is 9.18. The van der Waals surface area contributed by atoms with Gasteiger partial charge in [-0.15, -0.1) is 0 Å². The summed E-state index contributed by atoms with van der Waals surface area (Å²) in [5, 5.41) is 9.51. The second-order valence-electron chi connectivity index (χ2n) is 8.26. The maximum absolute atomic E-state index is 14.5. The first kappa shape index (κ1) is 25.5. The molecule has 36 heavy (non-hydrogen) atoms. The number of nitrogens with zero attached hydrogens (tertiary/aromatic N) is 2. The number of halogens is 2. The molecule has 1 aliphatic rings. The molecule has 2 heterocycles. The summed E-state index contributed by atoms with van der Waals surface area (Å²) in [7, 11) is 0. The van der Waals surface area contributed by atoms with E-state index in [1.807, 2.05) is 0 Å². The summed E-state index contributed by atoms with van der Waals surface area (Å²) in [6.45, 7) is 8.69. The van der Waals surface area contributed by atoms with Crippen molar-refractivity contribution in [2.24, 2.45) is 5.92 Å². The van der Waals surface area contributed by atoms with Crippen LogP contribution in [0.4, 0.5) is 21.6 Å². The Hall–Kier alpha value is -3.63. The Morgan fingerprint density at radius 1 is 1.14 bits per heavy atom. The second kappa shape index (κ2) is 11.4. The molecule has 8 nitrogen and oxygen atoms in total. The lowest BCUT2D eigenvalue weighted by atomic mass is 9.89. The topological polar surface area (TPSA) is 105 Å². The van der Waals surface area contributed by atoms with Crippen molar-refractivity contribution in [3.63, 3.8) is 0 Å². The summed E-state index contributed by atoms with van der Waals surface area (Å²) in [6, 6.07) is 7.88. The number of fused-ring (bicyclic) bond motifs is 1. The van der Waals surface area contributed by atoms with E-state index >= 15 is 0 Å². The standard InChI is InChI=1S/C26H25BrFN5O3/c1-3-22(34)25(15-7-9-29-10-8-15)36-23-13-20-17(12-21(23)32-24(35)4-2)26(31-14-30-20)33-19-6-5-16(27)11-18(19)28/h3-6,11-15,25,29H,1-2,7-10H2,(H,32,35)(H,30,31,33). The highest BCUT2D eigenvalue weighted by molar-refractivity contribution is 9.10. The summed E-state index contributed by atoms with van der Waals surface area (Å²) < 4.78 is 21.3. The molecule has 0 radical (unpaired) electrons. The minimum atomic E-state index is -0.766. The third kappa shape index (κ3) is 5.77. The number of amides is 1. The predicted octanol–water partition coefficient (Wildman–Crippen LogP) is 4.90. The summed E-state index contributed by atoms with van der Waals surface area (Å²) in [4.78, 5) is 33.6. The highest BCUT2D eigenvalue weighted by Crippen LogP contribution is 2.36. The van der Waals surface area contributed by atoms with Gasteiger partial charge in [0.2, 0.25) is 5.91 Å². The van der Waals surface area contributed by atoms with Gasteiger partial charge < -0.3 is 20.7 Å². The SMILES string of the molecule is C=CC(=O)Nc1cc2c(Nc3ccc(Br)cc3F)ncnc2cc1OC(C(=O)C=C)C1CCNCC1. The van der Waals surface area contributed by atoms with Crippen LogP contribution in [0.3, 0.4) is 0 Å². The van der Waals surface area contributed by atoms with Crippen LogP contribution in [0.2, 0.25) is 0 Å². The van der Waals surface area contributed by atoms with E-state index in [9.17, 15) is 14.0 Å². The number of hydrogen-bond acceptors (Lipinski definition) is 7. The van der Waals surface area contributed by atoms with Crippen LogP contribution in [0.15, 0.2) is 66.4 Å². The van der Waals surface area contributed by atoms with E-state index in [0.29, 0.717) is 26.9 Å². The fourth-order valence-corrected chi connectivity index (χ4v) is 4.40. The quantitative estimate of drug-likeness (QED) is 0.323.